The van der Waals surface area contributed by atoms with Crippen molar-refractivity contribution in [1.29, 1.82) is 0 Å². The summed E-state index contributed by atoms with van der Waals surface area (Å²) in [4.78, 5) is 23.4. The first kappa shape index (κ1) is 16.9. The minimum absolute atomic E-state index is 0.148. The van der Waals surface area contributed by atoms with Crippen LogP contribution in [0.3, 0.4) is 0 Å². The molecule has 0 aliphatic heterocycles. The lowest BCUT2D eigenvalue weighted by Crippen LogP contribution is -2.41. The van der Waals surface area contributed by atoms with Crippen LogP contribution >= 0.6 is 11.6 Å². The minimum Gasteiger partial charge on any atom is -0.459 e. The van der Waals surface area contributed by atoms with Crippen LogP contribution in [-0.4, -0.2) is 25.0 Å². The van der Waals surface area contributed by atoms with Gasteiger partial charge in [0.25, 0.3) is 5.91 Å². The number of carbonyl (C=O) groups excluding carboxylic acids is 2. The highest BCUT2D eigenvalue weighted by molar-refractivity contribution is 6.30. The van der Waals surface area contributed by atoms with Gasteiger partial charge in [-0.2, -0.15) is 0 Å². The van der Waals surface area contributed by atoms with Gasteiger partial charge in [-0.05, 0) is 36.8 Å². The highest BCUT2D eigenvalue weighted by Gasteiger charge is 2.10. The number of benzene rings is 1. The zero-order valence-electron chi connectivity index (χ0n) is 12.6. The molecular weight excluding hydrogens is 318 g/mol. The Morgan fingerprint density at radius 1 is 1.13 bits per heavy atom. The van der Waals surface area contributed by atoms with Gasteiger partial charge in [0.15, 0.2) is 5.76 Å². The van der Waals surface area contributed by atoms with Crippen LogP contribution in [0.4, 0.5) is 4.79 Å². The fraction of sp³-hybridized carbons (Fsp3) is 0.250. The summed E-state index contributed by atoms with van der Waals surface area (Å²) in [6, 6.07) is 10.0. The molecule has 1 aromatic carbocycles. The van der Waals surface area contributed by atoms with Gasteiger partial charge in [-0.15, -0.1) is 0 Å². The summed E-state index contributed by atoms with van der Waals surface area (Å²) in [6.45, 7) is 2.50. The van der Waals surface area contributed by atoms with Gasteiger partial charge in [0.1, 0.15) is 0 Å². The number of halogens is 1. The Bertz CT molecular complexity index is 641. The first-order chi connectivity index (χ1) is 11.1. The van der Waals surface area contributed by atoms with Crippen LogP contribution in [0.25, 0.3) is 0 Å². The van der Waals surface area contributed by atoms with Crippen LogP contribution in [0.15, 0.2) is 47.1 Å². The Kier molecular flexibility index (Phi) is 6.05. The number of urea groups is 1. The average molecular weight is 336 g/mol. The summed E-state index contributed by atoms with van der Waals surface area (Å²) in [5.74, 6) is -0.0717. The van der Waals surface area contributed by atoms with Crippen LogP contribution in [0.5, 0.6) is 0 Å². The summed E-state index contributed by atoms with van der Waals surface area (Å²) in [6.07, 6.45) is 1.43. The van der Waals surface area contributed by atoms with Crippen LogP contribution in [0, 0.1) is 0 Å². The molecule has 0 aliphatic rings. The molecule has 3 amide bonds. The molecule has 1 aromatic heterocycles. The van der Waals surface area contributed by atoms with E-state index in [0.29, 0.717) is 18.1 Å². The van der Waals surface area contributed by atoms with E-state index in [1.165, 1.54) is 6.26 Å². The van der Waals surface area contributed by atoms with E-state index >= 15 is 0 Å². The van der Waals surface area contributed by atoms with E-state index < -0.39 is 0 Å². The van der Waals surface area contributed by atoms with E-state index in [9.17, 15) is 9.59 Å². The number of rotatable bonds is 6. The van der Waals surface area contributed by atoms with Gasteiger partial charge in [0.2, 0.25) is 0 Å². The second-order valence-corrected chi connectivity index (χ2v) is 5.34. The topological polar surface area (TPSA) is 83.4 Å². The molecule has 0 aliphatic carbocycles. The fourth-order valence-electron chi connectivity index (χ4n) is 1.93. The molecule has 0 saturated carbocycles. The largest absolute Gasteiger partial charge is 0.459 e. The van der Waals surface area contributed by atoms with E-state index in [1.807, 2.05) is 19.1 Å². The van der Waals surface area contributed by atoms with Gasteiger partial charge in [-0.25, -0.2) is 4.79 Å². The van der Waals surface area contributed by atoms with Gasteiger partial charge in [-0.1, -0.05) is 23.7 Å². The molecule has 1 atom stereocenters. The maximum atomic E-state index is 11.8. The lowest BCUT2D eigenvalue weighted by atomic mass is 10.1. The standard InChI is InChI=1S/C16H18ClN3O3/c1-11(12-4-6-13(17)7-5-12)20-16(22)19-9-8-18-15(21)14-3-2-10-23-14/h2-7,10-11H,8-9H2,1H3,(H,18,21)(H2,19,20,22). The monoisotopic (exact) mass is 335 g/mol. The zero-order valence-corrected chi connectivity index (χ0v) is 13.4. The predicted octanol–water partition coefficient (Wildman–Crippen LogP) is 2.72. The molecule has 122 valence electrons. The summed E-state index contributed by atoms with van der Waals surface area (Å²) < 4.78 is 4.96. The van der Waals surface area contributed by atoms with Crippen molar-refractivity contribution < 1.29 is 14.0 Å². The Morgan fingerprint density at radius 3 is 2.48 bits per heavy atom. The second kappa shape index (κ2) is 8.24. The van der Waals surface area contributed by atoms with Crippen LogP contribution in [-0.2, 0) is 0 Å². The fourth-order valence-corrected chi connectivity index (χ4v) is 2.06. The molecule has 1 heterocycles. The van der Waals surface area contributed by atoms with Crippen LogP contribution < -0.4 is 16.0 Å². The summed E-state index contributed by atoms with van der Waals surface area (Å²) >= 11 is 5.83. The van der Waals surface area contributed by atoms with Gasteiger partial charge < -0.3 is 20.4 Å². The molecule has 6 nitrogen and oxygen atoms in total. The normalized spacial score (nSPS) is 11.6. The number of carbonyl (C=O) groups is 2. The molecule has 0 bridgehead atoms. The molecule has 1 unspecified atom stereocenters. The molecule has 23 heavy (non-hydrogen) atoms. The van der Waals surface area contributed by atoms with E-state index in [-0.39, 0.29) is 23.7 Å². The average Bonchev–Trinajstić information content (AvgIpc) is 3.06. The number of hydrogen-bond acceptors (Lipinski definition) is 3. The van der Waals surface area contributed by atoms with Crippen molar-refractivity contribution in [2.75, 3.05) is 13.1 Å². The van der Waals surface area contributed by atoms with E-state index in [1.54, 1.807) is 24.3 Å². The second-order valence-electron chi connectivity index (χ2n) is 4.91. The molecule has 3 N–H and O–H groups in total. The van der Waals surface area contributed by atoms with E-state index in [2.05, 4.69) is 16.0 Å². The maximum absolute atomic E-state index is 11.8. The van der Waals surface area contributed by atoms with E-state index in [0.717, 1.165) is 5.56 Å². The Balaban J connectivity index is 1.67. The van der Waals surface area contributed by atoms with Gasteiger partial charge in [0, 0.05) is 18.1 Å². The molecule has 7 heteroatoms. The van der Waals surface area contributed by atoms with Crippen molar-refractivity contribution in [2.45, 2.75) is 13.0 Å². The third-order valence-electron chi connectivity index (χ3n) is 3.16. The van der Waals surface area contributed by atoms with E-state index in [4.69, 9.17) is 16.0 Å². The smallest absolute Gasteiger partial charge is 0.315 e. The lowest BCUT2D eigenvalue weighted by molar-refractivity contribution is 0.0926. The Hall–Kier alpha value is -2.47. The number of amides is 3. The molecule has 0 spiro atoms. The predicted molar refractivity (Wildman–Crippen MR) is 87.4 cm³/mol. The zero-order chi connectivity index (χ0) is 16.7. The first-order valence-electron chi connectivity index (χ1n) is 7.18. The quantitative estimate of drug-likeness (QED) is 0.710. The third kappa shape index (κ3) is 5.34. The lowest BCUT2D eigenvalue weighted by Gasteiger charge is -2.15. The van der Waals surface area contributed by atoms with Crippen molar-refractivity contribution in [3.05, 3.63) is 59.0 Å². The molecule has 2 rings (SSSR count). The van der Waals surface area contributed by atoms with Crippen molar-refractivity contribution in [1.82, 2.24) is 16.0 Å². The van der Waals surface area contributed by atoms with Crippen molar-refractivity contribution >= 4 is 23.5 Å². The van der Waals surface area contributed by atoms with Gasteiger partial charge in [-0.3, -0.25) is 4.79 Å². The molecule has 0 fully saturated rings. The first-order valence-corrected chi connectivity index (χ1v) is 7.55. The summed E-state index contributed by atoms with van der Waals surface area (Å²) in [5.41, 5.74) is 0.954. The number of furan rings is 1. The number of hydrogen-bond donors (Lipinski definition) is 3. The van der Waals surface area contributed by atoms with Crippen LogP contribution in [0.2, 0.25) is 5.02 Å². The molecule has 0 radical (unpaired) electrons. The van der Waals surface area contributed by atoms with Crippen molar-refractivity contribution in [3.8, 4) is 0 Å². The van der Waals surface area contributed by atoms with Gasteiger partial charge in [0.05, 0.1) is 12.3 Å². The summed E-state index contributed by atoms with van der Waals surface area (Å²) in [5, 5.41) is 8.77. The Labute approximate surface area is 139 Å². The molecular formula is C16H18ClN3O3. The highest BCUT2D eigenvalue weighted by atomic mass is 35.5. The summed E-state index contributed by atoms with van der Waals surface area (Å²) in [7, 11) is 0. The molecule has 2 aromatic rings. The minimum atomic E-state index is -0.313. The van der Waals surface area contributed by atoms with Crippen molar-refractivity contribution in [3.63, 3.8) is 0 Å². The third-order valence-corrected chi connectivity index (χ3v) is 3.41. The Morgan fingerprint density at radius 2 is 1.83 bits per heavy atom. The van der Waals surface area contributed by atoms with Crippen molar-refractivity contribution in [2.24, 2.45) is 0 Å². The van der Waals surface area contributed by atoms with Crippen LogP contribution in [0.1, 0.15) is 29.1 Å². The number of nitrogens with one attached hydrogen (secondary N) is 3. The molecule has 0 saturated heterocycles. The maximum Gasteiger partial charge on any atom is 0.315 e. The van der Waals surface area contributed by atoms with Gasteiger partial charge >= 0.3 is 6.03 Å². The SMILES string of the molecule is CC(NC(=O)NCCNC(=O)c1ccco1)c1ccc(Cl)cc1. The highest BCUT2D eigenvalue weighted by Crippen LogP contribution is 2.15.